The number of benzene rings is 2. The third-order valence-corrected chi connectivity index (χ3v) is 4.78. The minimum atomic E-state index is -0.443. The molecule has 6 heteroatoms. The molecular formula is C20H19N3O2S. The zero-order valence-electron chi connectivity index (χ0n) is 14.5. The van der Waals surface area contributed by atoms with E-state index in [4.69, 9.17) is 5.73 Å². The molecular weight excluding hydrogens is 346 g/mol. The van der Waals surface area contributed by atoms with Crippen LogP contribution < -0.4 is 11.1 Å². The highest BCUT2D eigenvalue weighted by molar-refractivity contribution is 7.13. The van der Waals surface area contributed by atoms with Crippen LogP contribution in [0.2, 0.25) is 0 Å². The number of thiazole rings is 1. The molecule has 0 aliphatic heterocycles. The van der Waals surface area contributed by atoms with Crippen molar-refractivity contribution in [2.24, 2.45) is 11.7 Å². The van der Waals surface area contributed by atoms with Gasteiger partial charge < -0.3 is 11.1 Å². The topological polar surface area (TPSA) is 85.1 Å². The predicted octanol–water partition coefficient (Wildman–Crippen LogP) is 4.17. The van der Waals surface area contributed by atoms with E-state index in [2.05, 4.69) is 10.3 Å². The van der Waals surface area contributed by atoms with E-state index < -0.39 is 5.91 Å². The van der Waals surface area contributed by atoms with Crippen LogP contribution in [0.15, 0.2) is 53.9 Å². The molecule has 0 spiro atoms. The van der Waals surface area contributed by atoms with Crippen molar-refractivity contribution in [3.05, 3.63) is 59.5 Å². The first kappa shape index (κ1) is 17.8. The van der Waals surface area contributed by atoms with Crippen molar-refractivity contribution in [3.63, 3.8) is 0 Å². The molecule has 2 amide bonds. The minimum Gasteiger partial charge on any atom is -0.366 e. The third kappa shape index (κ3) is 3.97. The second-order valence-electron chi connectivity index (χ2n) is 6.20. The van der Waals surface area contributed by atoms with Crippen molar-refractivity contribution in [1.82, 2.24) is 4.98 Å². The summed E-state index contributed by atoms with van der Waals surface area (Å²) in [6.45, 7) is 3.72. The molecule has 3 rings (SSSR count). The number of anilines is 1. The van der Waals surface area contributed by atoms with Crippen LogP contribution in [0, 0.1) is 5.92 Å². The number of nitrogens with two attached hydrogens (primary N) is 1. The Balaban J connectivity index is 1.77. The Morgan fingerprint density at radius 2 is 1.62 bits per heavy atom. The van der Waals surface area contributed by atoms with Crippen LogP contribution in [-0.2, 0) is 4.79 Å². The molecule has 0 bridgehead atoms. The molecule has 1 aromatic heterocycles. The summed E-state index contributed by atoms with van der Waals surface area (Å²) in [6, 6.07) is 14.7. The number of amides is 2. The monoisotopic (exact) mass is 365 g/mol. The summed E-state index contributed by atoms with van der Waals surface area (Å²) >= 11 is 1.53. The van der Waals surface area contributed by atoms with Gasteiger partial charge in [0.1, 0.15) is 5.01 Å². The lowest BCUT2D eigenvalue weighted by Gasteiger charge is -2.07. The first-order valence-electron chi connectivity index (χ1n) is 8.21. The summed E-state index contributed by atoms with van der Waals surface area (Å²) in [4.78, 5) is 27.6. The van der Waals surface area contributed by atoms with Crippen molar-refractivity contribution in [2.45, 2.75) is 13.8 Å². The number of nitrogens with zero attached hydrogens (tertiary/aromatic N) is 1. The van der Waals surface area contributed by atoms with Crippen LogP contribution in [0.3, 0.4) is 0 Å². The quantitative estimate of drug-likeness (QED) is 0.711. The van der Waals surface area contributed by atoms with Gasteiger partial charge in [-0.25, -0.2) is 4.98 Å². The Hall–Kier alpha value is -2.99. The second-order valence-corrected chi connectivity index (χ2v) is 7.06. The van der Waals surface area contributed by atoms with Crippen LogP contribution in [-0.4, -0.2) is 16.8 Å². The average Bonchev–Trinajstić information content (AvgIpc) is 3.12. The number of hydrogen-bond donors (Lipinski definition) is 2. The molecule has 5 nitrogen and oxygen atoms in total. The number of hydrogen-bond acceptors (Lipinski definition) is 4. The van der Waals surface area contributed by atoms with Crippen molar-refractivity contribution >= 4 is 28.8 Å². The van der Waals surface area contributed by atoms with Gasteiger partial charge in [0.25, 0.3) is 0 Å². The van der Waals surface area contributed by atoms with Gasteiger partial charge in [0.05, 0.1) is 5.69 Å². The standard InChI is InChI=1S/C20H19N3O2S/c1-12(2)19(25)22-16-9-7-13(8-10-16)17-11-26-20(23-17)15-5-3-14(4-6-15)18(21)24/h3-12H,1-2H3,(H2,21,24)(H,22,25). The molecule has 0 atom stereocenters. The largest absolute Gasteiger partial charge is 0.366 e. The zero-order valence-corrected chi connectivity index (χ0v) is 15.3. The van der Waals surface area contributed by atoms with Crippen LogP contribution in [0.4, 0.5) is 5.69 Å². The van der Waals surface area contributed by atoms with Crippen molar-refractivity contribution in [1.29, 1.82) is 0 Å². The number of aromatic nitrogens is 1. The normalized spacial score (nSPS) is 10.7. The van der Waals surface area contributed by atoms with E-state index in [0.717, 1.165) is 27.5 Å². The van der Waals surface area contributed by atoms with E-state index in [1.807, 2.05) is 55.6 Å². The van der Waals surface area contributed by atoms with Gasteiger partial charge in [-0.2, -0.15) is 0 Å². The Labute approximate surface area is 155 Å². The molecule has 0 saturated carbocycles. The molecule has 26 heavy (non-hydrogen) atoms. The fraction of sp³-hybridized carbons (Fsp3) is 0.150. The highest BCUT2D eigenvalue weighted by Crippen LogP contribution is 2.29. The fourth-order valence-corrected chi connectivity index (χ4v) is 3.16. The van der Waals surface area contributed by atoms with Crippen molar-refractivity contribution < 1.29 is 9.59 Å². The molecule has 0 aliphatic rings. The second kappa shape index (κ2) is 7.49. The lowest BCUT2D eigenvalue weighted by Crippen LogP contribution is -2.17. The number of carbonyl (C=O) groups excluding carboxylic acids is 2. The third-order valence-electron chi connectivity index (χ3n) is 3.89. The molecule has 2 aromatic carbocycles. The highest BCUT2D eigenvalue weighted by atomic mass is 32.1. The molecule has 132 valence electrons. The number of carbonyl (C=O) groups is 2. The van der Waals surface area contributed by atoms with Gasteiger partial charge in [-0.1, -0.05) is 38.1 Å². The number of rotatable bonds is 5. The lowest BCUT2D eigenvalue weighted by atomic mass is 10.1. The van der Waals surface area contributed by atoms with Crippen LogP contribution in [0.5, 0.6) is 0 Å². The molecule has 0 unspecified atom stereocenters. The molecule has 3 aromatic rings. The Bertz CT molecular complexity index is 928. The molecule has 3 N–H and O–H groups in total. The minimum absolute atomic E-state index is 0.00639. The number of nitrogens with one attached hydrogen (secondary N) is 1. The summed E-state index contributed by atoms with van der Waals surface area (Å²) in [5, 5.41) is 5.72. The van der Waals surface area contributed by atoms with Gasteiger partial charge in [-0.15, -0.1) is 11.3 Å². The first-order valence-corrected chi connectivity index (χ1v) is 9.09. The molecule has 0 aliphatic carbocycles. The van der Waals surface area contributed by atoms with E-state index in [-0.39, 0.29) is 11.8 Å². The van der Waals surface area contributed by atoms with Crippen LogP contribution >= 0.6 is 11.3 Å². The maximum absolute atomic E-state index is 11.7. The molecule has 1 heterocycles. The summed E-state index contributed by atoms with van der Waals surface area (Å²) < 4.78 is 0. The summed E-state index contributed by atoms with van der Waals surface area (Å²) in [5.74, 6) is -0.508. The molecule has 0 radical (unpaired) electrons. The Morgan fingerprint density at radius 1 is 1.00 bits per heavy atom. The van der Waals surface area contributed by atoms with E-state index in [0.29, 0.717) is 5.56 Å². The lowest BCUT2D eigenvalue weighted by molar-refractivity contribution is -0.118. The zero-order chi connectivity index (χ0) is 18.7. The van der Waals surface area contributed by atoms with Gasteiger partial charge >= 0.3 is 0 Å². The van der Waals surface area contributed by atoms with Gasteiger partial charge in [0.2, 0.25) is 11.8 Å². The SMILES string of the molecule is CC(C)C(=O)Nc1ccc(-c2csc(-c3ccc(C(N)=O)cc3)n2)cc1. The predicted molar refractivity (Wildman–Crippen MR) is 105 cm³/mol. The van der Waals surface area contributed by atoms with Crippen LogP contribution in [0.25, 0.3) is 21.8 Å². The van der Waals surface area contributed by atoms with Gasteiger partial charge in [-0.05, 0) is 24.3 Å². The smallest absolute Gasteiger partial charge is 0.248 e. The highest BCUT2D eigenvalue weighted by Gasteiger charge is 2.10. The molecule has 0 fully saturated rings. The van der Waals surface area contributed by atoms with Crippen LogP contribution in [0.1, 0.15) is 24.2 Å². The van der Waals surface area contributed by atoms with Gasteiger partial charge in [-0.3, -0.25) is 9.59 Å². The van der Waals surface area contributed by atoms with E-state index >= 15 is 0 Å². The number of primary amides is 1. The van der Waals surface area contributed by atoms with Gasteiger partial charge in [0.15, 0.2) is 0 Å². The van der Waals surface area contributed by atoms with E-state index in [1.54, 1.807) is 12.1 Å². The van der Waals surface area contributed by atoms with Crippen molar-refractivity contribution in [2.75, 3.05) is 5.32 Å². The fourth-order valence-electron chi connectivity index (χ4n) is 2.33. The van der Waals surface area contributed by atoms with E-state index in [1.165, 1.54) is 11.3 Å². The van der Waals surface area contributed by atoms with E-state index in [9.17, 15) is 9.59 Å². The maximum atomic E-state index is 11.7. The summed E-state index contributed by atoms with van der Waals surface area (Å²) in [5.41, 5.74) is 9.29. The Kier molecular flexibility index (Phi) is 5.14. The summed E-state index contributed by atoms with van der Waals surface area (Å²) in [6.07, 6.45) is 0. The summed E-state index contributed by atoms with van der Waals surface area (Å²) in [7, 11) is 0. The average molecular weight is 365 g/mol. The van der Waals surface area contributed by atoms with Gasteiger partial charge in [0, 0.05) is 33.7 Å². The molecule has 0 saturated heterocycles. The first-order chi connectivity index (χ1) is 12.4. The maximum Gasteiger partial charge on any atom is 0.248 e. The van der Waals surface area contributed by atoms with Crippen molar-refractivity contribution in [3.8, 4) is 21.8 Å². The Morgan fingerprint density at radius 3 is 2.19 bits per heavy atom.